The molecule has 1 saturated heterocycles. The van der Waals surface area contributed by atoms with Crippen molar-refractivity contribution < 1.29 is 9.53 Å². The minimum atomic E-state index is -1.38. The molecule has 0 amide bonds. The minimum absolute atomic E-state index is 0.0664. The molecule has 2 aromatic carbocycles. The van der Waals surface area contributed by atoms with Crippen LogP contribution in [-0.4, -0.2) is 25.0 Å². The summed E-state index contributed by atoms with van der Waals surface area (Å²) in [6.07, 6.45) is 3.82. The van der Waals surface area contributed by atoms with Crippen LogP contribution in [0.15, 0.2) is 54.6 Å². The van der Waals surface area contributed by atoms with Crippen LogP contribution in [0.4, 0.5) is 5.69 Å². The summed E-state index contributed by atoms with van der Waals surface area (Å²) in [7, 11) is 1.58. The molecule has 2 aromatic rings. The van der Waals surface area contributed by atoms with Crippen molar-refractivity contribution in [3.8, 4) is 17.9 Å². The van der Waals surface area contributed by atoms with Gasteiger partial charge in [0.1, 0.15) is 5.75 Å². The maximum absolute atomic E-state index is 12.8. The van der Waals surface area contributed by atoms with E-state index in [0.717, 1.165) is 16.8 Å². The van der Waals surface area contributed by atoms with Crippen molar-refractivity contribution >= 4 is 17.5 Å². The summed E-state index contributed by atoms with van der Waals surface area (Å²) in [6.45, 7) is 1.53. The number of anilines is 1. The first-order chi connectivity index (χ1) is 13.6. The van der Waals surface area contributed by atoms with Gasteiger partial charge in [-0.15, -0.1) is 0 Å². The van der Waals surface area contributed by atoms with E-state index < -0.39 is 23.4 Å². The number of fused-ring (bicyclic) bond motifs is 3. The number of Topliss-reactive ketones (excluding diaryl/α,β-unsaturated/α-hetero) is 1. The van der Waals surface area contributed by atoms with E-state index >= 15 is 0 Å². The number of nitriles is 2. The van der Waals surface area contributed by atoms with Crippen LogP contribution in [0.25, 0.3) is 6.08 Å². The third-order valence-electron chi connectivity index (χ3n) is 5.81. The van der Waals surface area contributed by atoms with E-state index in [-0.39, 0.29) is 5.78 Å². The predicted octanol–water partition coefficient (Wildman–Crippen LogP) is 3.69. The number of ether oxygens (including phenoxy) is 1. The van der Waals surface area contributed by atoms with Gasteiger partial charge in [0, 0.05) is 11.6 Å². The molecule has 2 aliphatic heterocycles. The van der Waals surface area contributed by atoms with Crippen LogP contribution in [0.3, 0.4) is 0 Å². The molecule has 0 aliphatic carbocycles. The average Bonchev–Trinajstić information content (AvgIpc) is 3.05. The number of ketones is 1. The molecule has 28 heavy (non-hydrogen) atoms. The normalized spacial score (nSPS) is 23.9. The fourth-order valence-corrected chi connectivity index (χ4v) is 4.57. The number of benzene rings is 2. The lowest BCUT2D eigenvalue weighted by Crippen LogP contribution is -2.43. The molecule has 0 unspecified atom stereocenters. The van der Waals surface area contributed by atoms with Gasteiger partial charge in [0.2, 0.25) is 0 Å². The lowest BCUT2D eigenvalue weighted by atomic mass is 9.69. The van der Waals surface area contributed by atoms with Crippen LogP contribution in [0.2, 0.25) is 0 Å². The molecule has 0 N–H and O–H groups in total. The standard InChI is InChI=1S/C23H19N3O2/c1-15(27)22-21(17-7-10-18(28-2)11-8-17)23(13-24,14-25)20-12-9-16-5-3-4-6-19(16)26(20)22/h3-12,20-22H,1-2H3/t20-,21-,22-/m1/s1. The van der Waals surface area contributed by atoms with E-state index in [1.54, 1.807) is 19.2 Å². The van der Waals surface area contributed by atoms with E-state index in [2.05, 4.69) is 12.1 Å². The van der Waals surface area contributed by atoms with Gasteiger partial charge in [-0.05, 0) is 36.2 Å². The second-order valence-corrected chi connectivity index (χ2v) is 7.17. The van der Waals surface area contributed by atoms with Gasteiger partial charge in [-0.2, -0.15) is 10.5 Å². The van der Waals surface area contributed by atoms with Gasteiger partial charge in [-0.3, -0.25) is 4.79 Å². The van der Waals surface area contributed by atoms with Gasteiger partial charge in [0.15, 0.2) is 11.2 Å². The maximum atomic E-state index is 12.8. The maximum Gasteiger partial charge on any atom is 0.176 e. The summed E-state index contributed by atoms with van der Waals surface area (Å²) < 4.78 is 5.23. The summed E-state index contributed by atoms with van der Waals surface area (Å²) in [5.74, 6) is 0.0404. The van der Waals surface area contributed by atoms with E-state index in [4.69, 9.17) is 4.74 Å². The van der Waals surface area contributed by atoms with Crippen molar-refractivity contribution in [3.05, 3.63) is 65.7 Å². The lowest BCUT2D eigenvalue weighted by molar-refractivity contribution is -0.118. The highest BCUT2D eigenvalue weighted by molar-refractivity contribution is 5.91. The zero-order valence-corrected chi connectivity index (χ0v) is 15.7. The largest absolute Gasteiger partial charge is 0.497 e. The molecule has 1 fully saturated rings. The highest BCUT2D eigenvalue weighted by atomic mass is 16.5. The quantitative estimate of drug-likeness (QED) is 0.825. The fourth-order valence-electron chi connectivity index (χ4n) is 4.57. The number of carbonyl (C=O) groups excluding carboxylic acids is 1. The Morgan fingerprint density at radius 1 is 1.11 bits per heavy atom. The monoisotopic (exact) mass is 369 g/mol. The Morgan fingerprint density at radius 2 is 1.79 bits per heavy atom. The zero-order valence-electron chi connectivity index (χ0n) is 15.7. The average molecular weight is 369 g/mol. The number of para-hydroxylation sites is 1. The van der Waals surface area contributed by atoms with E-state index in [0.29, 0.717) is 5.75 Å². The summed E-state index contributed by atoms with van der Waals surface area (Å²) in [6, 6.07) is 18.5. The molecule has 2 heterocycles. The molecule has 0 saturated carbocycles. The fraction of sp³-hybridized carbons (Fsp3) is 0.261. The Bertz CT molecular complexity index is 1030. The minimum Gasteiger partial charge on any atom is -0.497 e. The third kappa shape index (κ3) is 2.33. The van der Waals surface area contributed by atoms with Crippen molar-refractivity contribution in [3.63, 3.8) is 0 Å². The van der Waals surface area contributed by atoms with Gasteiger partial charge < -0.3 is 9.64 Å². The molecule has 0 aromatic heterocycles. The van der Waals surface area contributed by atoms with Crippen molar-refractivity contribution in [2.45, 2.75) is 24.9 Å². The van der Waals surface area contributed by atoms with Crippen LogP contribution in [0.1, 0.15) is 24.0 Å². The highest BCUT2D eigenvalue weighted by Gasteiger charge is 2.62. The first kappa shape index (κ1) is 17.8. The van der Waals surface area contributed by atoms with Gasteiger partial charge in [0.05, 0.1) is 31.3 Å². The Labute approximate surface area is 164 Å². The van der Waals surface area contributed by atoms with Crippen molar-refractivity contribution in [2.75, 3.05) is 12.0 Å². The Balaban J connectivity index is 1.96. The van der Waals surface area contributed by atoms with Gasteiger partial charge in [-0.25, -0.2) is 0 Å². The molecule has 5 nitrogen and oxygen atoms in total. The molecular formula is C23H19N3O2. The SMILES string of the molecule is COc1ccc([C@@H]2[C@@H](C(C)=O)N3c4ccccc4C=C[C@@H]3C2(C#N)C#N)cc1. The predicted molar refractivity (Wildman–Crippen MR) is 106 cm³/mol. The van der Waals surface area contributed by atoms with E-state index in [1.807, 2.05) is 53.5 Å². The molecule has 5 heteroatoms. The van der Waals surface area contributed by atoms with Gasteiger partial charge in [-0.1, -0.05) is 42.5 Å². The second kappa shape index (κ2) is 6.55. The Hall–Kier alpha value is -3.57. The van der Waals surface area contributed by atoms with Crippen LogP contribution in [0.5, 0.6) is 5.75 Å². The molecule has 0 spiro atoms. The number of hydrogen-bond acceptors (Lipinski definition) is 5. The number of methoxy groups -OCH3 is 1. The summed E-state index contributed by atoms with van der Waals surface area (Å²) in [5.41, 5.74) is 1.25. The van der Waals surface area contributed by atoms with Gasteiger partial charge >= 0.3 is 0 Å². The van der Waals surface area contributed by atoms with Crippen LogP contribution in [-0.2, 0) is 4.79 Å². The van der Waals surface area contributed by atoms with Crippen molar-refractivity contribution in [1.29, 1.82) is 10.5 Å². The summed E-state index contributed by atoms with van der Waals surface area (Å²) in [5, 5.41) is 20.3. The van der Waals surface area contributed by atoms with Crippen molar-refractivity contribution in [1.82, 2.24) is 0 Å². The van der Waals surface area contributed by atoms with Crippen LogP contribution >= 0.6 is 0 Å². The topological polar surface area (TPSA) is 77.1 Å². The highest BCUT2D eigenvalue weighted by Crippen LogP contribution is 2.55. The van der Waals surface area contributed by atoms with Gasteiger partial charge in [0.25, 0.3) is 0 Å². The summed E-state index contributed by atoms with van der Waals surface area (Å²) in [4.78, 5) is 14.8. The first-order valence-corrected chi connectivity index (χ1v) is 9.10. The Morgan fingerprint density at radius 3 is 2.39 bits per heavy atom. The number of nitrogens with zero attached hydrogens (tertiary/aromatic N) is 3. The summed E-state index contributed by atoms with van der Waals surface area (Å²) >= 11 is 0. The van der Waals surface area contributed by atoms with Crippen LogP contribution < -0.4 is 9.64 Å². The first-order valence-electron chi connectivity index (χ1n) is 9.10. The molecule has 0 radical (unpaired) electrons. The second-order valence-electron chi connectivity index (χ2n) is 7.17. The molecular weight excluding hydrogens is 350 g/mol. The number of rotatable bonds is 3. The Kier molecular flexibility index (Phi) is 4.17. The molecule has 3 atom stereocenters. The molecule has 2 aliphatic rings. The smallest absolute Gasteiger partial charge is 0.176 e. The molecule has 138 valence electrons. The third-order valence-corrected chi connectivity index (χ3v) is 5.81. The van der Waals surface area contributed by atoms with Crippen molar-refractivity contribution in [2.24, 2.45) is 5.41 Å². The van der Waals surface area contributed by atoms with E-state index in [9.17, 15) is 15.3 Å². The van der Waals surface area contributed by atoms with Crippen LogP contribution in [0, 0.1) is 28.1 Å². The number of hydrogen-bond donors (Lipinski definition) is 0. The number of carbonyl (C=O) groups is 1. The lowest BCUT2D eigenvalue weighted by Gasteiger charge is -2.35. The molecule has 4 rings (SSSR count). The molecule has 0 bridgehead atoms. The zero-order chi connectivity index (χ0) is 19.9. The van der Waals surface area contributed by atoms with E-state index in [1.165, 1.54) is 6.92 Å².